The first kappa shape index (κ1) is 17.5. The van der Waals surface area contributed by atoms with E-state index in [9.17, 15) is 14.9 Å². The van der Waals surface area contributed by atoms with Crippen molar-refractivity contribution in [3.8, 4) is 11.8 Å². The third kappa shape index (κ3) is 5.13. The van der Waals surface area contributed by atoms with Gasteiger partial charge in [0.25, 0.3) is 5.91 Å². The Morgan fingerprint density at radius 2 is 2.00 bits per heavy atom. The number of nitriles is 1. The van der Waals surface area contributed by atoms with E-state index in [2.05, 4.69) is 5.32 Å². The highest BCUT2D eigenvalue weighted by molar-refractivity contribution is 6.02. The van der Waals surface area contributed by atoms with Gasteiger partial charge < -0.3 is 15.2 Å². The minimum atomic E-state index is -1.09. The van der Waals surface area contributed by atoms with Gasteiger partial charge in [-0.3, -0.25) is 4.79 Å². The Bertz CT molecular complexity index is 670. The monoisotopic (exact) mass is 328 g/mol. The van der Waals surface area contributed by atoms with Crippen LogP contribution in [-0.2, 0) is 9.59 Å². The van der Waals surface area contributed by atoms with Gasteiger partial charge in [0, 0.05) is 11.6 Å². The third-order valence-corrected chi connectivity index (χ3v) is 3.88. The predicted octanol–water partition coefficient (Wildman–Crippen LogP) is 2.51. The van der Waals surface area contributed by atoms with Crippen molar-refractivity contribution in [2.45, 2.75) is 38.1 Å². The number of carbonyl (C=O) groups excluding carboxylic acids is 1. The highest BCUT2D eigenvalue weighted by Gasteiger charge is 2.18. The molecule has 1 aliphatic rings. The topological polar surface area (TPSA) is 99.4 Å². The van der Waals surface area contributed by atoms with Crippen molar-refractivity contribution in [1.29, 1.82) is 5.26 Å². The molecule has 0 radical (unpaired) electrons. The molecule has 6 heteroatoms. The van der Waals surface area contributed by atoms with Gasteiger partial charge in [-0.2, -0.15) is 5.26 Å². The van der Waals surface area contributed by atoms with Crippen molar-refractivity contribution in [3.05, 3.63) is 35.4 Å². The Labute approximate surface area is 140 Å². The van der Waals surface area contributed by atoms with E-state index in [1.54, 1.807) is 24.3 Å². The van der Waals surface area contributed by atoms with Crippen LogP contribution in [-0.4, -0.2) is 29.6 Å². The number of ether oxygens (including phenoxy) is 1. The van der Waals surface area contributed by atoms with E-state index in [1.807, 2.05) is 6.07 Å². The van der Waals surface area contributed by atoms with E-state index in [0.29, 0.717) is 11.3 Å². The summed E-state index contributed by atoms with van der Waals surface area (Å²) in [6.45, 7) is -0.485. The minimum Gasteiger partial charge on any atom is -0.481 e. The maximum Gasteiger partial charge on any atom is 0.341 e. The van der Waals surface area contributed by atoms with Crippen molar-refractivity contribution in [3.63, 3.8) is 0 Å². The van der Waals surface area contributed by atoms with Crippen LogP contribution in [0.3, 0.4) is 0 Å². The molecule has 0 atom stereocenters. The fraction of sp³-hybridized carbons (Fsp3) is 0.389. The van der Waals surface area contributed by atoms with Gasteiger partial charge in [-0.15, -0.1) is 0 Å². The first-order valence-corrected chi connectivity index (χ1v) is 7.96. The van der Waals surface area contributed by atoms with Crippen LogP contribution in [0.1, 0.15) is 37.7 Å². The Hall–Kier alpha value is -2.81. The number of carboxylic acids is 1. The Kier molecular flexibility index (Phi) is 6.38. The van der Waals surface area contributed by atoms with Gasteiger partial charge in [-0.05, 0) is 25.0 Å². The van der Waals surface area contributed by atoms with Crippen LogP contribution in [0.5, 0.6) is 5.75 Å². The summed E-state index contributed by atoms with van der Waals surface area (Å²) in [4.78, 5) is 22.9. The number of amides is 1. The molecule has 1 amide bonds. The van der Waals surface area contributed by atoms with Crippen molar-refractivity contribution < 1.29 is 19.4 Å². The van der Waals surface area contributed by atoms with Crippen LogP contribution in [0.25, 0.3) is 6.08 Å². The zero-order valence-corrected chi connectivity index (χ0v) is 13.3. The number of nitrogens with zero attached hydrogens (tertiary/aromatic N) is 1. The standard InChI is InChI=1S/C18H20N2O4/c19-11-14(18(23)20-15-7-2-1-3-8-15)10-13-6-4-5-9-16(13)24-12-17(21)22/h4-6,9-10,15H,1-3,7-8,12H2,(H,20,23)(H,21,22)/b14-10-. The molecule has 6 nitrogen and oxygen atoms in total. The van der Waals surface area contributed by atoms with Gasteiger partial charge >= 0.3 is 5.97 Å². The highest BCUT2D eigenvalue weighted by atomic mass is 16.5. The number of nitrogens with one attached hydrogen (secondary N) is 1. The van der Waals surface area contributed by atoms with E-state index in [-0.39, 0.29) is 11.6 Å². The van der Waals surface area contributed by atoms with E-state index >= 15 is 0 Å². The van der Waals surface area contributed by atoms with Gasteiger partial charge in [0.1, 0.15) is 17.4 Å². The molecule has 1 fully saturated rings. The van der Waals surface area contributed by atoms with Crippen LogP contribution in [0.4, 0.5) is 0 Å². The lowest BCUT2D eigenvalue weighted by molar-refractivity contribution is -0.139. The zero-order valence-electron chi connectivity index (χ0n) is 13.3. The van der Waals surface area contributed by atoms with Gasteiger partial charge in [0.05, 0.1) is 0 Å². The van der Waals surface area contributed by atoms with E-state index < -0.39 is 18.5 Å². The molecule has 1 aromatic rings. The van der Waals surface area contributed by atoms with Crippen LogP contribution in [0, 0.1) is 11.3 Å². The molecule has 1 saturated carbocycles. The van der Waals surface area contributed by atoms with Crippen molar-refractivity contribution in [2.75, 3.05) is 6.61 Å². The molecule has 1 aliphatic carbocycles. The van der Waals surface area contributed by atoms with Crippen LogP contribution in [0.2, 0.25) is 0 Å². The van der Waals surface area contributed by atoms with Gasteiger partial charge in [0.2, 0.25) is 0 Å². The smallest absolute Gasteiger partial charge is 0.341 e. The highest BCUT2D eigenvalue weighted by Crippen LogP contribution is 2.22. The lowest BCUT2D eigenvalue weighted by Gasteiger charge is -2.22. The molecule has 2 rings (SSSR count). The summed E-state index contributed by atoms with van der Waals surface area (Å²) in [5.41, 5.74) is 0.473. The first-order chi connectivity index (χ1) is 11.6. The summed E-state index contributed by atoms with van der Waals surface area (Å²) in [6.07, 6.45) is 6.65. The maximum absolute atomic E-state index is 12.3. The van der Waals surface area contributed by atoms with E-state index in [0.717, 1.165) is 25.7 Å². The van der Waals surface area contributed by atoms with E-state index in [4.69, 9.17) is 9.84 Å². The number of aliphatic carboxylic acids is 1. The molecule has 0 bridgehead atoms. The fourth-order valence-corrected chi connectivity index (χ4v) is 2.68. The number of benzene rings is 1. The molecule has 126 valence electrons. The number of para-hydroxylation sites is 1. The number of hydrogen-bond donors (Lipinski definition) is 2. The molecule has 0 saturated heterocycles. The van der Waals surface area contributed by atoms with Crippen molar-refractivity contribution >= 4 is 18.0 Å². The van der Waals surface area contributed by atoms with Crippen LogP contribution < -0.4 is 10.1 Å². The summed E-state index contributed by atoms with van der Waals surface area (Å²) in [7, 11) is 0. The van der Waals surface area contributed by atoms with E-state index in [1.165, 1.54) is 12.5 Å². The second-order valence-electron chi connectivity index (χ2n) is 5.70. The Balaban J connectivity index is 2.13. The molecular formula is C18H20N2O4. The van der Waals surface area contributed by atoms with Gasteiger partial charge in [0.15, 0.2) is 6.61 Å². The average molecular weight is 328 g/mol. The number of carbonyl (C=O) groups is 2. The van der Waals surface area contributed by atoms with Crippen LogP contribution in [0.15, 0.2) is 29.8 Å². The molecule has 0 unspecified atom stereocenters. The number of hydrogen-bond acceptors (Lipinski definition) is 4. The maximum atomic E-state index is 12.3. The molecule has 2 N–H and O–H groups in total. The van der Waals surface area contributed by atoms with Crippen molar-refractivity contribution in [2.24, 2.45) is 0 Å². The molecule has 0 heterocycles. The lowest BCUT2D eigenvalue weighted by atomic mass is 9.95. The number of carboxylic acid groups (broad SMARTS) is 1. The number of rotatable bonds is 6. The summed E-state index contributed by atoms with van der Waals surface area (Å²) in [5, 5.41) is 20.9. The second kappa shape index (κ2) is 8.73. The minimum absolute atomic E-state index is 0.0213. The molecule has 0 aliphatic heterocycles. The average Bonchev–Trinajstić information content (AvgIpc) is 2.59. The summed E-state index contributed by atoms with van der Waals surface area (Å²) < 4.78 is 5.19. The summed E-state index contributed by atoms with van der Waals surface area (Å²) in [6, 6.07) is 8.72. The van der Waals surface area contributed by atoms with Crippen molar-refractivity contribution in [1.82, 2.24) is 5.32 Å². The zero-order chi connectivity index (χ0) is 17.4. The quantitative estimate of drug-likeness (QED) is 0.617. The second-order valence-corrected chi connectivity index (χ2v) is 5.70. The molecule has 0 spiro atoms. The molecule has 0 aromatic heterocycles. The third-order valence-electron chi connectivity index (χ3n) is 3.88. The predicted molar refractivity (Wildman–Crippen MR) is 88.2 cm³/mol. The molecule has 24 heavy (non-hydrogen) atoms. The van der Waals surface area contributed by atoms with Crippen LogP contribution >= 0.6 is 0 Å². The van der Waals surface area contributed by atoms with Gasteiger partial charge in [-0.1, -0.05) is 37.5 Å². The largest absolute Gasteiger partial charge is 0.481 e. The Morgan fingerprint density at radius 1 is 1.29 bits per heavy atom. The SMILES string of the molecule is N#C/C(=C/c1ccccc1OCC(=O)O)C(=O)NC1CCCCC1. The fourth-order valence-electron chi connectivity index (χ4n) is 2.68. The molecule has 1 aromatic carbocycles. The Morgan fingerprint density at radius 3 is 2.67 bits per heavy atom. The molecular weight excluding hydrogens is 308 g/mol. The summed E-state index contributed by atoms with van der Waals surface area (Å²) >= 11 is 0. The lowest BCUT2D eigenvalue weighted by Crippen LogP contribution is -2.36. The normalized spacial score (nSPS) is 15.4. The first-order valence-electron chi connectivity index (χ1n) is 7.96. The summed E-state index contributed by atoms with van der Waals surface area (Å²) in [5.74, 6) is -1.18. The van der Waals surface area contributed by atoms with Gasteiger partial charge in [-0.25, -0.2) is 4.79 Å².